The maximum Gasteiger partial charge on any atom is 0.254 e. The van der Waals surface area contributed by atoms with Gasteiger partial charge in [0.1, 0.15) is 0 Å². The fourth-order valence-corrected chi connectivity index (χ4v) is 4.27. The van der Waals surface area contributed by atoms with Crippen LogP contribution in [0, 0.1) is 5.92 Å². The molecule has 30 heavy (non-hydrogen) atoms. The monoisotopic (exact) mass is 428 g/mol. The first kappa shape index (κ1) is 22.2. The fraction of sp³-hybridized carbons (Fsp3) is 0.435. The second-order valence-corrected chi connectivity index (χ2v) is 7.90. The molecule has 1 aliphatic carbocycles. The van der Waals surface area contributed by atoms with Crippen LogP contribution in [0.1, 0.15) is 53.2 Å². The number of piperazine rings is 1. The lowest BCUT2D eigenvalue weighted by atomic mass is 10.0. The molecule has 1 saturated carbocycles. The van der Waals surface area contributed by atoms with Crippen LogP contribution >= 0.6 is 12.4 Å². The summed E-state index contributed by atoms with van der Waals surface area (Å²) in [7, 11) is 0. The van der Waals surface area contributed by atoms with Gasteiger partial charge in [-0.1, -0.05) is 31.0 Å². The Morgan fingerprint density at radius 2 is 1.90 bits per heavy atom. The zero-order chi connectivity index (χ0) is 20.1. The molecule has 1 unspecified atom stereocenters. The topological polar surface area (TPSA) is 74.3 Å². The highest BCUT2D eigenvalue weighted by Crippen LogP contribution is 2.25. The number of pyridine rings is 1. The summed E-state index contributed by atoms with van der Waals surface area (Å²) in [4.78, 5) is 31.5. The van der Waals surface area contributed by atoms with Crippen molar-refractivity contribution in [2.75, 3.05) is 19.6 Å². The number of nitrogens with zero attached hydrogens (tertiary/aromatic N) is 2. The van der Waals surface area contributed by atoms with E-state index in [0.717, 1.165) is 49.9 Å². The number of hydrogen-bond donors (Lipinski definition) is 2. The minimum atomic E-state index is -0.0182. The number of nitrogens with one attached hydrogen (secondary N) is 2. The Hall–Kier alpha value is -2.44. The minimum Gasteiger partial charge on any atom is -0.352 e. The van der Waals surface area contributed by atoms with Gasteiger partial charge in [-0.05, 0) is 42.2 Å². The third-order valence-corrected chi connectivity index (χ3v) is 5.97. The highest BCUT2D eigenvalue weighted by Gasteiger charge is 2.28. The molecule has 0 bridgehead atoms. The molecule has 1 aliphatic heterocycles. The zero-order valence-electron chi connectivity index (χ0n) is 17.0. The standard InChI is InChI=1S/C23H28N4O2.ClH/c28-22(18-4-1-2-5-18)26-14-17-7-9-19(10-8-17)23(29)27-13-12-25-16-21(27)20-6-3-11-24-15-20;/h3,6-11,15,18,21,25H,1-2,4-5,12-14,16H2,(H,26,28);1H. The Morgan fingerprint density at radius 3 is 2.60 bits per heavy atom. The smallest absolute Gasteiger partial charge is 0.254 e. The fourth-order valence-electron chi connectivity index (χ4n) is 4.27. The van der Waals surface area contributed by atoms with E-state index in [1.807, 2.05) is 47.5 Å². The van der Waals surface area contributed by atoms with Crippen molar-refractivity contribution in [3.05, 3.63) is 65.5 Å². The van der Waals surface area contributed by atoms with Crippen molar-refractivity contribution in [1.82, 2.24) is 20.5 Å². The number of halogens is 1. The Labute approximate surface area is 183 Å². The molecule has 1 aromatic heterocycles. The maximum absolute atomic E-state index is 13.1. The Bertz CT molecular complexity index is 838. The van der Waals surface area contributed by atoms with Crippen molar-refractivity contribution in [2.24, 2.45) is 5.92 Å². The second-order valence-electron chi connectivity index (χ2n) is 7.90. The second kappa shape index (κ2) is 10.5. The molecule has 6 nitrogen and oxygen atoms in total. The van der Waals surface area contributed by atoms with Crippen LogP contribution in [-0.4, -0.2) is 41.3 Å². The number of hydrogen-bond acceptors (Lipinski definition) is 4. The summed E-state index contributed by atoms with van der Waals surface area (Å²) in [6, 6.07) is 11.5. The summed E-state index contributed by atoms with van der Waals surface area (Å²) < 4.78 is 0. The van der Waals surface area contributed by atoms with Crippen molar-refractivity contribution in [1.29, 1.82) is 0 Å². The van der Waals surface area contributed by atoms with E-state index in [9.17, 15) is 9.59 Å². The number of rotatable bonds is 5. The Kier molecular flexibility index (Phi) is 7.82. The van der Waals surface area contributed by atoms with Gasteiger partial charge in [0.05, 0.1) is 6.04 Å². The van der Waals surface area contributed by atoms with Gasteiger partial charge in [-0.3, -0.25) is 14.6 Å². The number of benzene rings is 1. The number of carbonyl (C=O) groups excluding carboxylic acids is 2. The molecule has 2 aliphatic rings. The highest BCUT2D eigenvalue weighted by molar-refractivity contribution is 5.94. The average molecular weight is 429 g/mol. The van der Waals surface area contributed by atoms with Crippen molar-refractivity contribution in [2.45, 2.75) is 38.3 Å². The molecule has 4 rings (SSSR count). The Morgan fingerprint density at radius 1 is 1.13 bits per heavy atom. The Balaban J connectivity index is 0.00000256. The van der Waals surface area contributed by atoms with Crippen LogP contribution in [0.5, 0.6) is 0 Å². The van der Waals surface area contributed by atoms with Gasteiger partial charge >= 0.3 is 0 Å². The number of aromatic nitrogens is 1. The van der Waals surface area contributed by atoms with Crippen LogP contribution in [0.4, 0.5) is 0 Å². The van der Waals surface area contributed by atoms with Crippen LogP contribution in [0.15, 0.2) is 48.8 Å². The number of carbonyl (C=O) groups is 2. The first-order chi connectivity index (χ1) is 14.2. The molecule has 2 aromatic rings. The molecular weight excluding hydrogens is 400 g/mol. The lowest BCUT2D eigenvalue weighted by Gasteiger charge is -2.36. The third-order valence-electron chi connectivity index (χ3n) is 5.97. The van der Waals surface area contributed by atoms with E-state index in [-0.39, 0.29) is 36.2 Å². The molecule has 0 radical (unpaired) electrons. The molecule has 1 aromatic carbocycles. The van der Waals surface area contributed by atoms with Crippen molar-refractivity contribution < 1.29 is 9.59 Å². The molecule has 2 heterocycles. The first-order valence-corrected chi connectivity index (χ1v) is 10.5. The van der Waals surface area contributed by atoms with Crippen LogP contribution < -0.4 is 10.6 Å². The molecule has 2 N–H and O–H groups in total. The van der Waals surface area contributed by atoms with Crippen LogP contribution in [0.25, 0.3) is 0 Å². The predicted octanol–water partition coefficient (Wildman–Crippen LogP) is 3.10. The van der Waals surface area contributed by atoms with Gasteiger partial charge in [-0.15, -0.1) is 12.4 Å². The van der Waals surface area contributed by atoms with Gasteiger partial charge in [0, 0.05) is 50.1 Å². The maximum atomic E-state index is 13.1. The molecule has 160 valence electrons. The molecule has 0 spiro atoms. The summed E-state index contributed by atoms with van der Waals surface area (Å²) in [6.45, 7) is 2.68. The molecule has 2 fully saturated rings. The summed E-state index contributed by atoms with van der Waals surface area (Å²) in [5.74, 6) is 0.359. The zero-order valence-corrected chi connectivity index (χ0v) is 17.9. The van der Waals surface area contributed by atoms with E-state index in [4.69, 9.17) is 0 Å². The van der Waals surface area contributed by atoms with Crippen LogP contribution in [0.3, 0.4) is 0 Å². The minimum absolute atomic E-state index is 0. The molecule has 2 amide bonds. The van der Waals surface area contributed by atoms with E-state index in [1.165, 1.54) is 0 Å². The van der Waals surface area contributed by atoms with Crippen molar-refractivity contribution >= 4 is 24.2 Å². The van der Waals surface area contributed by atoms with Gasteiger partial charge in [-0.2, -0.15) is 0 Å². The molecule has 1 saturated heterocycles. The summed E-state index contributed by atoms with van der Waals surface area (Å²) in [5, 5.41) is 6.40. The third kappa shape index (κ3) is 5.18. The van der Waals surface area contributed by atoms with Gasteiger partial charge in [0.2, 0.25) is 5.91 Å². The molecular formula is C23H29ClN4O2. The SMILES string of the molecule is Cl.O=C(NCc1ccc(C(=O)N2CCNCC2c2cccnc2)cc1)C1CCCC1. The van der Waals surface area contributed by atoms with E-state index in [0.29, 0.717) is 18.7 Å². The van der Waals surface area contributed by atoms with Gasteiger partial charge < -0.3 is 15.5 Å². The van der Waals surface area contributed by atoms with Gasteiger partial charge in [0.25, 0.3) is 5.91 Å². The summed E-state index contributed by atoms with van der Waals surface area (Å²) in [5.41, 5.74) is 2.72. The van der Waals surface area contributed by atoms with E-state index in [1.54, 1.807) is 6.20 Å². The molecule has 1 atom stereocenters. The van der Waals surface area contributed by atoms with E-state index in [2.05, 4.69) is 15.6 Å². The van der Waals surface area contributed by atoms with Crippen LogP contribution in [0.2, 0.25) is 0 Å². The summed E-state index contributed by atoms with van der Waals surface area (Å²) in [6.07, 6.45) is 7.89. The van der Waals surface area contributed by atoms with E-state index >= 15 is 0 Å². The quantitative estimate of drug-likeness (QED) is 0.767. The summed E-state index contributed by atoms with van der Waals surface area (Å²) >= 11 is 0. The van der Waals surface area contributed by atoms with E-state index < -0.39 is 0 Å². The van der Waals surface area contributed by atoms with Gasteiger partial charge in [-0.25, -0.2) is 0 Å². The number of amides is 2. The molecule has 7 heteroatoms. The lowest BCUT2D eigenvalue weighted by Crippen LogP contribution is -2.48. The normalized spacial score (nSPS) is 19.2. The lowest BCUT2D eigenvalue weighted by molar-refractivity contribution is -0.124. The van der Waals surface area contributed by atoms with Crippen LogP contribution in [-0.2, 0) is 11.3 Å². The first-order valence-electron chi connectivity index (χ1n) is 10.5. The predicted molar refractivity (Wildman–Crippen MR) is 118 cm³/mol. The van der Waals surface area contributed by atoms with Crippen molar-refractivity contribution in [3.63, 3.8) is 0 Å². The largest absolute Gasteiger partial charge is 0.352 e. The van der Waals surface area contributed by atoms with Crippen molar-refractivity contribution in [3.8, 4) is 0 Å². The highest BCUT2D eigenvalue weighted by atomic mass is 35.5. The van der Waals surface area contributed by atoms with Gasteiger partial charge in [0.15, 0.2) is 0 Å². The average Bonchev–Trinajstić information content (AvgIpc) is 3.33.